The number of rotatable bonds is 7. The minimum absolute atomic E-state index is 0.545. The fraction of sp³-hybridized carbons (Fsp3) is 1.00. The minimum atomic E-state index is 0.545. The smallest absolute Gasteiger partial charge is 0.0622 e. The molecule has 0 aromatic heterocycles. The van der Waals surface area contributed by atoms with Gasteiger partial charge < -0.3 is 10.5 Å². The molecular weight excluding hydrogens is 188 g/mol. The molecule has 15 heavy (non-hydrogen) atoms. The topological polar surface area (TPSA) is 38.5 Å². The van der Waals surface area contributed by atoms with E-state index in [1.165, 1.54) is 32.1 Å². The molecule has 1 aliphatic heterocycles. The van der Waals surface area contributed by atoms with Gasteiger partial charge in [-0.3, -0.25) is 4.90 Å². The summed E-state index contributed by atoms with van der Waals surface area (Å²) in [6.07, 6.45) is 6.31. The van der Waals surface area contributed by atoms with Gasteiger partial charge >= 0.3 is 0 Å². The van der Waals surface area contributed by atoms with E-state index < -0.39 is 0 Å². The third-order valence-electron chi connectivity index (χ3n) is 3.47. The number of hydrogen-bond acceptors (Lipinski definition) is 3. The number of nitrogens with zero attached hydrogens (tertiary/aromatic N) is 1. The Morgan fingerprint density at radius 2 is 2.27 bits per heavy atom. The lowest BCUT2D eigenvalue weighted by Gasteiger charge is -2.31. The molecule has 0 amide bonds. The highest BCUT2D eigenvalue weighted by Gasteiger charge is 2.24. The first kappa shape index (κ1) is 12.9. The van der Waals surface area contributed by atoms with Crippen molar-refractivity contribution in [3.8, 4) is 0 Å². The number of hydrogen-bond donors (Lipinski definition) is 1. The quantitative estimate of drug-likeness (QED) is 0.654. The Hall–Kier alpha value is -0.120. The van der Waals surface area contributed by atoms with Gasteiger partial charge in [0.1, 0.15) is 0 Å². The third-order valence-corrected chi connectivity index (χ3v) is 3.47. The predicted octanol–water partition coefficient (Wildman–Crippen LogP) is 1.61. The highest BCUT2D eigenvalue weighted by molar-refractivity contribution is 4.79. The second-order valence-corrected chi connectivity index (χ2v) is 4.57. The van der Waals surface area contributed by atoms with E-state index >= 15 is 0 Å². The summed E-state index contributed by atoms with van der Waals surface area (Å²) in [7, 11) is 2.20. The highest BCUT2D eigenvalue weighted by Crippen LogP contribution is 2.16. The maximum atomic E-state index is 5.84. The van der Waals surface area contributed by atoms with E-state index in [0.717, 1.165) is 19.8 Å². The lowest BCUT2D eigenvalue weighted by atomic mass is 10.1. The molecule has 0 aromatic rings. The molecule has 90 valence electrons. The largest absolute Gasteiger partial charge is 0.380 e. The van der Waals surface area contributed by atoms with Gasteiger partial charge in [0, 0.05) is 25.2 Å². The Morgan fingerprint density at radius 1 is 1.47 bits per heavy atom. The zero-order valence-corrected chi connectivity index (χ0v) is 10.2. The van der Waals surface area contributed by atoms with Gasteiger partial charge in [-0.15, -0.1) is 0 Å². The van der Waals surface area contributed by atoms with Crippen LogP contribution in [0.15, 0.2) is 0 Å². The molecule has 0 bridgehead atoms. The van der Waals surface area contributed by atoms with Crippen LogP contribution in [0, 0.1) is 0 Å². The molecule has 0 spiro atoms. The molecular formula is C12H26N2O. The van der Waals surface area contributed by atoms with Crippen LogP contribution < -0.4 is 5.73 Å². The van der Waals surface area contributed by atoms with E-state index in [4.69, 9.17) is 10.5 Å². The standard InChI is InChI=1S/C12H26N2O/c1-3-4-5-6-11(9-13)14(2)12-7-8-15-10-12/h11-12H,3-10,13H2,1-2H3. The van der Waals surface area contributed by atoms with Crippen molar-refractivity contribution in [3.63, 3.8) is 0 Å². The van der Waals surface area contributed by atoms with Crippen LogP contribution in [-0.4, -0.2) is 43.8 Å². The molecule has 1 heterocycles. The third kappa shape index (κ3) is 4.09. The van der Waals surface area contributed by atoms with Crippen molar-refractivity contribution in [2.24, 2.45) is 5.73 Å². The molecule has 0 aliphatic carbocycles. The van der Waals surface area contributed by atoms with Crippen LogP contribution in [0.25, 0.3) is 0 Å². The maximum Gasteiger partial charge on any atom is 0.0622 e. The van der Waals surface area contributed by atoms with Crippen LogP contribution in [0.2, 0.25) is 0 Å². The van der Waals surface area contributed by atoms with Gasteiger partial charge in [0.05, 0.1) is 6.61 Å². The van der Waals surface area contributed by atoms with Crippen molar-refractivity contribution in [2.75, 3.05) is 26.8 Å². The second kappa shape index (κ2) is 7.20. The van der Waals surface area contributed by atoms with Crippen molar-refractivity contribution in [1.29, 1.82) is 0 Å². The van der Waals surface area contributed by atoms with E-state index in [2.05, 4.69) is 18.9 Å². The van der Waals surface area contributed by atoms with Gasteiger partial charge in [0.25, 0.3) is 0 Å². The molecule has 1 fully saturated rings. The Labute approximate surface area is 94.0 Å². The van der Waals surface area contributed by atoms with Crippen molar-refractivity contribution < 1.29 is 4.74 Å². The van der Waals surface area contributed by atoms with Crippen LogP contribution in [0.4, 0.5) is 0 Å². The van der Waals surface area contributed by atoms with Gasteiger partial charge in [-0.2, -0.15) is 0 Å². The fourth-order valence-corrected chi connectivity index (χ4v) is 2.26. The van der Waals surface area contributed by atoms with Crippen molar-refractivity contribution in [2.45, 2.75) is 51.1 Å². The maximum absolute atomic E-state index is 5.84. The number of ether oxygens (including phenoxy) is 1. The summed E-state index contributed by atoms with van der Waals surface area (Å²) in [5, 5.41) is 0. The SMILES string of the molecule is CCCCCC(CN)N(C)C1CCOC1. The first-order valence-electron chi connectivity index (χ1n) is 6.29. The second-order valence-electron chi connectivity index (χ2n) is 4.57. The molecule has 2 atom stereocenters. The average molecular weight is 214 g/mol. The van der Waals surface area contributed by atoms with E-state index in [9.17, 15) is 0 Å². The predicted molar refractivity (Wildman–Crippen MR) is 64.0 cm³/mol. The lowest BCUT2D eigenvalue weighted by molar-refractivity contribution is 0.129. The van der Waals surface area contributed by atoms with Gasteiger partial charge in [-0.1, -0.05) is 26.2 Å². The normalized spacial score (nSPS) is 23.6. The van der Waals surface area contributed by atoms with Crippen LogP contribution in [-0.2, 0) is 4.74 Å². The van der Waals surface area contributed by atoms with E-state index in [-0.39, 0.29) is 0 Å². The summed E-state index contributed by atoms with van der Waals surface area (Å²) in [5.41, 5.74) is 5.84. The summed E-state index contributed by atoms with van der Waals surface area (Å²) >= 11 is 0. The van der Waals surface area contributed by atoms with Gasteiger partial charge in [-0.05, 0) is 19.9 Å². The first-order valence-corrected chi connectivity index (χ1v) is 6.29. The summed E-state index contributed by atoms with van der Waals surface area (Å²) in [5.74, 6) is 0. The molecule has 3 nitrogen and oxygen atoms in total. The number of unbranched alkanes of at least 4 members (excludes halogenated alkanes) is 2. The monoisotopic (exact) mass is 214 g/mol. The van der Waals surface area contributed by atoms with E-state index in [0.29, 0.717) is 12.1 Å². The van der Waals surface area contributed by atoms with E-state index in [1.54, 1.807) is 0 Å². The number of likely N-dealkylation sites (N-methyl/N-ethyl adjacent to an activating group) is 1. The molecule has 1 aliphatic rings. The molecule has 2 N–H and O–H groups in total. The zero-order valence-electron chi connectivity index (χ0n) is 10.2. The van der Waals surface area contributed by atoms with Crippen LogP contribution >= 0.6 is 0 Å². The lowest BCUT2D eigenvalue weighted by Crippen LogP contribution is -2.44. The summed E-state index contributed by atoms with van der Waals surface area (Å²) in [6, 6.07) is 1.14. The Bertz CT molecular complexity index is 158. The van der Waals surface area contributed by atoms with Crippen molar-refractivity contribution >= 4 is 0 Å². The fourth-order valence-electron chi connectivity index (χ4n) is 2.26. The molecule has 2 unspecified atom stereocenters. The highest BCUT2D eigenvalue weighted by atomic mass is 16.5. The molecule has 0 saturated carbocycles. The average Bonchev–Trinajstić information content (AvgIpc) is 2.77. The molecule has 0 radical (unpaired) electrons. The summed E-state index contributed by atoms with van der Waals surface area (Å²) in [6.45, 7) is 4.82. The first-order chi connectivity index (χ1) is 7.29. The Morgan fingerprint density at radius 3 is 2.80 bits per heavy atom. The Balaban J connectivity index is 2.28. The molecule has 3 heteroatoms. The summed E-state index contributed by atoms with van der Waals surface area (Å²) in [4.78, 5) is 2.43. The molecule has 0 aromatic carbocycles. The summed E-state index contributed by atoms with van der Waals surface area (Å²) < 4.78 is 5.42. The van der Waals surface area contributed by atoms with Crippen LogP contribution in [0.1, 0.15) is 39.0 Å². The van der Waals surface area contributed by atoms with Crippen molar-refractivity contribution in [1.82, 2.24) is 4.90 Å². The molecule has 1 rings (SSSR count). The van der Waals surface area contributed by atoms with Crippen molar-refractivity contribution in [3.05, 3.63) is 0 Å². The molecule has 1 saturated heterocycles. The van der Waals surface area contributed by atoms with Gasteiger partial charge in [0.2, 0.25) is 0 Å². The van der Waals surface area contributed by atoms with Crippen LogP contribution in [0.5, 0.6) is 0 Å². The number of nitrogens with two attached hydrogens (primary N) is 1. The van der Waals surface area contributed by atoms with Crippen LogP contribution in [0.3, 0.4) is 0 Å². The Kier molecular flexibility index (Phi) is 6.22. The minimum Gasteiger partial charge on any atom is -0.380 e. The van der Waals surface area contributed by atoms with Gasteiger partial charge in [-0.25, -0.2) is 0 Å². The zero-order chi connectivity index (χ0) is 11.1. The van der Waals surface area contributed by atoms with Gasteiger partial charge in [0.15, 0.2) is 0 Å². The van der Waals surface area contributed by atoms with E-state index in [1.807, 2.05) is 0 Å².